The largest absolute Gasteiger partial charge is 0.346 e. The van der Waals surface area contributed by atoms with E-state index in [1.54, 1.807) is 10.9 Å². The molecule has 112 valence electrons. The van der Waals surface area contributed by atoms with Gasteiger partial charge in [-0.05, 0) is 13.0 Å². The fourth-order valence-electron chi connectivity index (χ4n) is 2.21. The van der Waals surface area contributed by atoms with Crippen LogP contribution in [-0.2, 0) is 6.54 Å². The molecule has 22 heavy (non-hydrogen) atoms. The van der Waals surface area contributed by atoms with Crippen LogP contribution in [0.2, 0.25) is 0 Å². The van der Waals surface area contributed by atoms with Crippen molar-refractivity contribution in [3.8, 4) is 11.3 Å². The molecule has 1 aromatic carbocycles. The Balaban J connectivity index is 1.72. The topological polar surface area (TPSA) is 88.5 Å². The predicted octanol–water partition coefficient (Wildman–Crippen LogP) is 1.49. The van der Waals surface area contributed by atoms with Crippen LogP contribution in [0.5, 0.6) is 0 Å². The smallest absolute Gasteiger partial charge is 0.274 e. The molecule has 3 rings (SSSR count). The van der Waals surface area contributed by atoms with Crippen LogP contribution in [0.3, 0.4) is 0 Å². The van der Waals surface area contributed by atoms with Crippen LogP contribution in [0.4, 0.5) is 0 Å². The Hall–Kier alpha value is -2.96. The molecule has 1 unspecified atom stereocenters. The molecule has 7 heteroatoms. The van der Waals surface area contributed by atoms with Crippen molar-refractivity contribution in [2.24, 2.45) is 0 Å². The molecular formula is C15H16N6O. The summed E-state index contributed by atoms with van der Waals surface area (Å²) in [6.45, 7) is 2.51. The first kappa shape index (κ1) is 14.0. The van der Waals surface area contributed by atoms with Crippen LogP contribution >= 0.6 is 0 Å². The van der Waals surface area contributed by atoms with Gasteiger partial charge in [0.05, 0.1) is 6.54 Å². The van der Waals surface area contributed by atoms with Crippen molar-refractivity contribution >= 4 is 5.91 Å². The van der Waals surface area contributed by atoms with E-state index < -0.39 is 0 Å². The van der Waals surface area contributed by atoms with E-state index in [0.717, 1.165) is 5.56 Å². The van der Waals surface area contributed by atoms with E-state index in [1.165, 1.54) is 0 Å². The lowest BCUT2D eigenvalue weighted by Gasteiger charge is -2.13. The second kappa shape index (κ2) is 6.21. The molecule has 0 saturated heterocycles. The van der Waals surface area contributed by atoms with Crippen molar-refractivity contribution in [1.29, 1.82) is 0 Å². The third-order valence-corrected chi connectivity index (χ3v) is 3.21. The molecule has 0 aliphatic rings. The van der Waals surface area contributed by atoms with Crippen LogP contribution in [0.15, 0.2) is 48.8 Å². The number of rotatable bonds is 5. The highest BCUT2D eigenvalue weighted by Crippen LogP contribution is 2.18. The van der Waals surface area contributed by atoms with Gasteiger partial charge in [0.2, 0.25) is 0 Å². The number of aromatic amines is 1. The normalized spacial score (nSPS) is 12.0. The molecule has 2 heterocycles. The minimum atomic E-state index is -0.257. The number of H-pyrrole nitrogens is 1. The van der Waals surface area contributed by atoms with Gasteiger partial charge in [-0.2, -0.15) is 20.5 Å². The number of nitrogens with one attached hydrogen (secondary N) is 2. The Morgan fingerprint density at radius 3 is 2.82 bits per heavy atom. The molecule has 0 saturated carbocycles. The SMILES string of the molecule is CC(Cn1cccn1)NC(=O)c1n[nH]nc1-c1ccccc1. The first-order chi connectivity index (χ1) is 10.7. The third-order valence-electron chi connectivity index (χ3n) is 3.21. The fourth-order valence-corrected chi connectivity index (χ4v) is 2.21. The van der Waals surface area contributed by atoms with E-state index >= 15 is 0 Å². The van der Waals surface area contributed by atoms with E-state index in [0.29, 0.717) is 17.9 Å². The Morgan fingerprint density at radius 2 is 2.09 bits per heavy atom. The summed E-state index contributed by atoms with van der Waals surface area (Å²) < 4.78 is 1.77. The highest BCUT2D eigenvalue weighted by atomic mass is 16.2. The number of hydrogen-bond donors (Lipinski definition) is 2. The zero-order valence-corrected chi connectivity index (χ0v) is 12.1. The summed E-state index contributed by atoms with van der Waals surface area (Å²) in [4.78, 5) is 12.4. The van der Waals surface area contributed by atoms with Gasteiger partial charge >= 0.3 is 0 Å². The molecule has 0 radical (unpaired) electrons. The van der Waals surface area contributed by atoms with Crippen molar-refractivity contribution in [1.82, 2.24) is 30.5 Å². The molecule has 0 aliphatic heterocycles. The molecule has 0 spiro atoms. The number of nitrogens with zero attached hydrogens (tertiary/aromatic N) is 4. The number of carbonyl (C=O) groups excluding carboxylic acids is 1. The van der Waals surface area contributed by atoms with Gasteiger partial charge in [0, 0.05) is 24.0 Å². The van der Waals surface area contributed by atoms with Crippen LogP contribution in [-0.4, -0.2) is 37.1 Å². The second-order valence-electron chi connectivity index (χ2n) is 4.99. The van der Waals surface area contributed by atoms with Crippen molar-refractivity contribution in [3.05, 3.63) is 54.5 Å². The lowest BCUT2D eigenvalue weighted by molar-refractivity contribution is 0.0931. The van der Waals surface area contributed by atoms with Crippen LogP contribution in [0.1, 0.15) is 17.4 Å². The van der Waals surface area contributed by atoms with Gasteiger partial charge in [-0.3, -0.25) is 9.48 Å². The van der Waals surface area contributed by atoms with Gasteiger partial charge in [-0.1, -0.05) is 30.3 Å². The van der Waals surface area contributed by atoms with Crippen LogP contribution in [0.25, 0.3) is 11.3 Å². The van der Waals surface area contributed by atoms with Gasteiger partial charge in [-0.25, -0.2) is 0 Å². The number of amides is 1. The summed E-state index contributed by atoms with van der Waals surface area (Å²) in [5, 5.41) is 17.6. The lowest BCUT2D eigenvalue weighted by Crippen LogP contribution is -2.36. The van der Waals surface area contributed by atoms with E-state index in [4.69, 9.17) is 0 Å². The Bertz CT molecular complexity index is 735. The molecule has 7 nitrogen and oxygen atoms in total. The average molecular weight is 296 g/mol. The Labute approximate surface area is 127 Å². The Morgan fingerprint density at radius 1 is 1.27 bits per heavy atom. The molecule has 2 aromatic heterocycles. The van der Waals surface area contributed by atoms with Crippen molar-refractivity contribution in [2.75, 3.05) is 0 Å². The second-order valence-corrected chi connectivity index (χ2v) is 4.99. The van der Waals surface area contributed by atoms with Crippen molar-refractivity contribution in [3.63, 3.8) is 0 Å². The maximum absolute atomic E-state index is 12.4. The van der Waals surface area contributed by atoms with Gasteiger partial charge in [0.15, 0.2) is 5.69 Å². The quantitative estimate of drug-likeness (QED) is 0.746. The summed E-state index contributed by atoms with van der Waals surface area (Å²) in [6.07, 6.45) is 3.56. The van der Waals surface area contributed by atoms with Gasteiger partial charge < -0.3 is 5.32 Å². The van der Waals surface area contributed by atoms with E-state index in [9.17, 15) is 4.79 Å². The molecule has 0 fully saturated rings. The summed E-state index contributed by atoms with van der Waals surface area (Å²) in [5.74, 6) is -0.257. The van der Waals surface area contributed by atoms with Gasteiger partial charge in [0.25, 0.3) is 5.91 Å². The van der Waals surface area contributed by atoms with Gasteiger partial charge in [0.1, 0.15) is 5.69 Å². The maximum Gasteiger partial charge on any atom is 0.274 e. The molecular weight excluding hydrogens is 280 g/mol. The molecule has 1 amide bonds. The predicted molar refractivity (Wildman–Crippen MR) is 81.0 cm³/mol. The standard InChI is InChI=1S/C15H16N6O/c1-11(10-21-9-5-8-16-21)17-15(22)14-13(18-20-19-14)12-6-3-2-4-7-12/h2-9,11H,10H2,1H3,(H,17,22)(H,18,19,20). The molecule has 1 atom stereocenters. The number of hydrogen-bond acceptors (Lipinski definition) is 4. The minimum Gasteiger partial charge on any atom is -0.346 e. The Kier molecular flexibility index (Phi) is 3.95. The zero-order valence-electron chi connectivity index (χ0n) is 12.1. The van der Waals surface area contributed by atoms with Gasteiger partial charge in [-0.15, -0.1) is 0 Å². The van der Waals surface area contributed by atoms with Crippen molar-refractivity contribution < 1.29 is 4.79 Å². The highest BCUT2D eigenvalue weighted by molar-refractivity contribution is 5.97. The number of aromatic nitrogens is 5. The highest BCUT2D eigenvalue weighted by Gasteiger charge is 2.19. The zero-order chi connectivity index (χ0) is 15.4. The summed E-state index contributed by atoms with van der Waals surface area (Å²) >= 11 is 0. The number of benzene rings is 1. The first-order valence-electron chi connectivity index (χ1n) is 6.98. The third kappa shape index (κ3) is 3.03. The molecule has 2 N–H and O–H groups in total. The molecule has 0 aliphatic carbocycles. The summed E-state index contributed by atoms with van der Waals surface area (Å²) in [6, 6.07) is 11.3. The molecule has 0 bridgehead atoms. The fraction of sp³-hybridized carbons (Fsp3) is 0.200. The van der Waals surface area contributed by atoms with Crippen LogP contribution in [0, 0.1) is 0 Å². The first-order valence-corrected chi connectivity index (χ1v) is 6.98. The summed E-state index contributed by atoms with van der Waals surface area (Å²) in [7, 11) is 0. The lowest BCUT2D eigenvalue weighted by atomic mass is 10.1. The van der Waals surface area contributed by atoms with E-state index in [-0.39, 0.29) is 11.9 Å². The van der Waals surface area contributed by atoms with E-state index in [1.807, 2.05) is 49.5 Å². The summed E-state index contributed by atoms with van der Waals surface area (Å²) in [5.41, 5.74) is 1.68. The maximum atomic E-state index is 12.4. The average Bonchev–Trinajstić information content (AvgIpc) is 3.18. The minimum absolute atomic E-state index is 0.0762. The van der Waals surface area contributed by atoms with Crippen molar-refractivity contribution in [2.45, 2.75) is 19.5 Å². The monoisotopic (exact) mass is 296 g/mol. The number of carbonyl (C=O) groups is 1. The van der Waals surface area contributed by atoms with Crippen LogP contribution < -0.4 is 5.32 Å². The molecule has 3 aromatic rings. The van der Waals surface area contributed by atoms with E-state index in [2.05, 4.69) is 25.8 Å².